The molecule has 0 saturated heterocycles. The average Bonchev–Trinajstić information content (AvgIpc) is 2.30. The van der Waals surface area contributed by atoms with Crippen LogP contribution in [-0.2, 0) is 11.2 Å². The summed E-state index contributed by atoms with van der Waals surface area (Å²) in [5.74, 6) is -0.501. The molecule has 2 N–H and O–H groups in total. The van der Waals surface area contributed by atoms with E-state index in [1.165, 1.54) is 12.1 Å². The normalized spacial score (nSPS) is 12.5. The minimum Gasteiger partial charge on any atom is -0.321 e. The summed E-state index contributed by atoms with van der Waals surface area (Å²) in [6, 6.07) is 3.87. The van der Waals surface area contributed by atoms with Crippen LogP contribution in [0.15, 0.2) is 18.2 Å². The number of halogens is 2. The number of rotatable bonds is 6. The quantitative estimate of drug-likeness (QED) is 0.851. The lowest BCUT2D eigenvalue weighted by Gasteiger charge is -2.10. The van der Waals surface area contributed by atoms with Gasteiger partial charge in [-0.2, -0.15) is 0 Å². The predicted molar refractivity (Wildman–Crippen MR) is 67.6 cm³/mol. The molecule has 0 radical (unpaired) electrons. The topological polar surface area (TPSA) is 43.1 Å². The number of hydrogen-bond acceptors (Lipinski definition) is 2. The minimum atomic E-state index is -0.474. The Balaban J connectivity index is 2.58. The van der Waals surface area contributed by atoms with Gasteiger partial charge < -0.3 is 5.73 Å². The number of benzene rings is 1. The molecule has 2 nitrogen and oxygen atoms in total. The molecular weight excluding hydrogens is 241 g/mol. The van der Waals surface area contributed by atoms with E-state index >= 15 is 0 Å². The molecule has 17 heavy (non-hydrogen) atoms. The zero-order valence-corrected chi connectivity index (χ0v) is 10.6. The maximum absolute atomic E-state index is 12.9. The number of nitrogens with two attached hydrogens (primary N) is 1. The summed E-state index contributed by atoms with van der Waals surface area (Å²) in [5, 5.41) is 0.0393. The van der Waals surface area contributed by atoms with Gasteiger partial charge in [-0.3, -0.25) is 4.79 Å². The fraction of sp³-hybridized carbons (Fsp3) is 0.462. The summed E-state index contributed by atoms with van der Waals surface area (Å²) in [5.41, 5.74) is 6.46. The molecule has 4 heteroatoms. The van der Waals surface area contributed by atoms with Crippen LogP contribution in [0.2, 0.25) is 5.02 Å². The van der Waals surface area contributed by atoms with Gasteiger partial charge in [-0.1, -0.05) is 37.4 Å². The SMILES string of the molecule is CCCCC(N)C(=O)Cc1ccc(F)c(Cl)c1. The van der Waals surface area contributed by atoms with Crippen LogP contribution in [-0.4, -0.2) is 11.8 Å². The fourth-order valence-electron chi connectivity index (χ4n) is 1.57. The van der Waals surface area contributed by atoms with Crippen LogP contribution < -0.4 is 5.73 Å². The van der Waals surface area contributed by atoms with Crippen LogP contribution >= 0.6 is 11.6 Å². The van der Waals surface area contributed by atoms with Gasteiger partial charge in [-0.25, -0.2) is 4.39 Å². The molecule has 1 rings (SSSR count). The van der Waals surface area contributed by atoms with Crippen LogP contribution in [0.1, 0.15) is 31.7 Å². The highest BCUT2D eigenvalue weighted by Crippen LogP contribution is 2.17. The van der Waals surface area contributed by atoms with Gasteiger partial charge in [0.1, 0.15) is 5.82 Å². The first kappa shape index (κ1) is 14.1. The van der Waals surface area contributed by atoms with Crippen molar-refractivity contribution in [2.75, 3.05) is 0 Å². The van der Waals surface area contributed by atoms with Crippen molar-refractivity contribution < 1.29 is 9.18 Å². The molecule has 0 fully saturated rings. The van der Waals surface area contributed by atoms with Gasteiger partial charge >= 0.3 is 0 Å². The molecular formula is C13H17ClFNO. The zero-order chi connectivity index (χ0) is 12.8. The predicted octanol–water partition coefficient (Wildman–Crippen LogP) is 3.11. The lowest BCUT2D eigenvalue weighted by Crippen LogP contribution is -2.31. The van der Waals surface area contributed by atoms with E-state index in [0.29, 0.717) is 12.0 Å². The molecule has 94 valence electrons. The van der Waals surface area contributed by atoms with Crippen molar-refractivity contribution in [1.82, 2.24) is 0 Å². The van der Waals surface area contributed by atoms with Crippen molar-refractivity contribution in [2.45, 2.75) is 38.6 Å². The van der Waals surface area contributed by atoms with E-state index in [4.69, 9.17) is 17.3 Å². The smallest absolute Gasteiger partial charge is 0.153 e. The maximum atomic E-state index is 12.9. The highest BCUT2D eigenvalue weighted by Gasteiger charge is 2.14. The lowest BCUT2D eigenvalue weighted by molar-refractivity contribution is -0.119. The zero-order valence-electron chi connectivity index (χ0n) is 9.88. The molecule has 1 aromatic rings. The highest BCUT2D eigenvalue weighted by atomic mass is 35.5. The number of carbonyl (C=O) groups excluding carboxylic acids is 1. The Bertz CT molecular complexity index is 395. The summed E-state index contributed by atoms with van der Waals surface area (Å²) >= 11 is 5.64. The van der Waals surface area contributed by atoms with Crippen LogP contribution in [0.3, 0.4) is 0 Å². The van der Waals surface area contributed by atoms with Crippen LogP contribution in [0.4, 0.5) is 4.39 Å². The lowest BCUT2D eigenvalue weighted by atomic mass is 10.0. The first-order valence-corrected chi connectivity index (χ1v) is 6.14. The Morgan fingerprint density at radius 1 is 1.53 bits per heavy atom. The number of unbranched alkanes of at least 4 members (excludes halogenated alkanes) is 1. The minimum absolute atomic E-state index is 0.0267. The van der Waals surface area contributed by atoms with E-state index in [0.717, 1.165) is 12.8 Å². The van der Waals surface area contributed by atoms with E-state index in [2.05, 4.69) is 6.92 Å². The fourth-order valence-corrected chi connectivity index (χ4v) is 1.77. The van der Waals surface area contributed by atoms with Crippen LogP contribution in [0.5, 0.6) is 0 Å². The third-order valence-electron chi connectivity index (χ3n) is 2.64. The third kappa shape index (κ3) is 4.44. The van der Waals surface area contributed by atoms with E-state index < -0.39 is 11.9 Å². The van der Waals surface area contributed by atoms with Crippen molar-refractivity contribution in [3.8, 4) is 0 Å². The van der Waals surface area contributed by atoms with E-state index in [9.17, 15) is 9.18 Å². The molecule has 0 bridgehead atoms. The Morgan fingerprint density at radius 2 is 2.24 bits per heavy atom. The second-order valence-electron chi connectivity index (χ2n) is 4.14. The molecule has 0 aliphatic heterocycles. The van der Waals surface area contributed by atoms with Crippen molar-refractivity contribution in [1.29, 1.82) is 0 Å². The number of hydrogen-bond donors (Lipinski definition) is 1. The number of Topliss-reactive ketones (excluding diaryl/α,β-unsaturated/α-hetero) is 1. The molecule has 0 heterocycles. The summed E-state index contributed by atoms with van der Waals surface area (Å²) < 4.78 is 12.9. The van der Waals surface area contributed by atoms with Crippen LogP contribution in [0, 0.1) is 5.82 Å². The molecule has 0 aromatic heterocycles. The molecule has 1 atom stereocenters. The van der Waals surface area contributed by atoms with Gasteiger partial charge in [0, 0.05) is 6.42 Å². The second kappa shape index (κ2) is 6.72. The van der Waals surface area contributed by atoms with Gasteiger partial charge in [0.25, 0.3) is 0 Å². The van der Waals surface area contributed by atoms with E-state index in [1.807, 2.05) is 0 Å². The summed E-state index contributed by atoms with van der Waals surface area (Å²) in [6.07, 6.45) is 2.87. The monoisotopic (exact) mass is 257 g/mol. The molecule has 1 unspecified atom stereocenters. The van der Waals surface area contributed by atoms with Crippen molar-refractivity contribution in [3.63, 3.8) is 0 Å². The highest BCUT2D eigenvalue weighted by molar-refractivity contribution is 6.30. The first-order valence-electron chi connectivity index (χ1n) is 5.76. The summed E-state index contributed by atoms with van der Waals surface area (Å²) in [7, 11) is 0. The largest absolute Gasteiger partial charge is 0.321 e. The number of carbonyl (C=O) groups is 1. The van der Waals surface area contributed by atoms with Crippen LogP contribution in [0.25, 0.3) is 0 Å². The Morgan fingerprint density at radius 3 is 2.82 bits per heavy atom. The first-order chi connectivity index (χ1) is 8.04. The Kier molecular flexibility index (Phi) is 5.59. The molecule has 1 aromatic carbocycles. The van der Waals surface area contributed by atoms with Crippen molar-refractivity contribution >= 4 is 17.4 Å². The number of ketones is 1. The third-order valence-corrected chi connectivity index (χ3v) is 2.93. The van der Waals surface area contributed by atoms with Gasteiger partial charge in [-0.15, -0.1) is 0 Å². The maximum Gasteiger partial charge on any atom is 0.153 e. The molecule has 0 amide bonds. The van der Waals surface area contributed by atoms with Gasteiger partial charge in [0.15, 0.2) is 5.78 Å². The molecule has 0 aliphatic rings. The molecule has 0 aliphatic carbocycles. The Labute approximate surface area is 106 Å². The van der Waals surface area contributed by atoms with E-state index in [-0.39, 0.29) is 17.2 Å². The van der Waals surface area contributed by atoms with Gasteiger partial charge in [-0.05, 0) is 24.1 Å². The average molecular weight is 258 g/mol. The standard InChI is InChI=1S/C13H17ClFNO/c1-2-3-4-12(16)13(17)8-9-5-6-11(15)10(14)7-9/h5-7,12H,2-4,8,16H2,1H3. The molecule has 0 saturated carbocycles. The van der Waals surface area contributed by atoms with Crippen molar-refractivity contribution in [2.24, 2.45) is 5.73 Å². The second-order valence-corrected chi connectivity index (χ2v) is 4.55. The summed E-state index contributed by atoms with van der Waals surface area (Å²) in [4.78, 5) is 11.8. The Hall–Kier alpha value is -0.930. The van der Waals surface area contributed by atoms with Crippen molar-refractivity contribution in [3.05, 3.63) is 34.6 Å². The van der Waals surface area contributed by atoms with E-state index in [1.54, 1.807) is 6.07 Å². The molecule has 0 spiro atoms. The van der Waals surface area contributed by atoms with Gasteiger partial charge in [0.2, 0.25) is 0 Å². The van der Waals surface area contributed by atoms with Gasteiger partial charge in [0.05, 0.1) is 11.1 Å². The summed E-state index contributed by atoms with van der Waals surface area (Å²) in [6.45, 7) is 2.05.